The molecule has 0 aliphatic heterocycles. The number of carbonyl (C=O) groups excluding carboxylic acids is 1. The van der Waals surface area contributed by atoms with Crippen molar-refractivity contribution in [2.24, 2.45) is 0 Å². The Morgan fingerprint density at radius 2 is 1.77 bits per heavy atom. The van der Waals surface area contributed by atoms with Crippen LogP contribution in [0.25, 0.3) is 5.57 Å². The second kappa shape index (κ2) is 5.06. The van der Waals surface area contributed by atoms with Crippen LogP contribution >= 0.6 is 15.9 Å². The van der Waals surface area contributed by atoms with Crippen molar-refractivity contribution in [1.82, 2.24) is 0 Å². The van der Waals surface area contributed by atoms with Crippen LogP contribution < -0.4 is 0 Å². The standard InChI is InChI=1S/C20H15BrO/c21-15-9-7-14(8-10-15)17-6-3-12-20(17)13-11-19(22)16-4-1-2-5-18(16)20/h1-2,4-11,13H,3,12H2. The molecule has 2 heteroatoms. The molecule has 2 aliphatic carbocycles. The Morgan fingerprint density at radius 1 is 1.00 bits per heavy atom. The van der Waals surface area contributed by atoms with Gasteiger partial charge in [-0.2, -0.15) is 0 Å². The van der Waals surface area contributed by atoms with Gasteiger partial charge < -0.3 is 0 Å². The van der Waals surface area contributed by atoms with Gasteiger partial charge in [0.15, 0.2) is 5.78 Å². The van der Waals surface area contributed by atoms with E-state index in [2.05, 4.69) is 58.4 Å². The molecule has 1 nitrogen and oxygen atoms in total. The van der Waals surface area contributed by atoms with Gasteiger partial charge in [0, 0.05) is 15.5 Å². The summed E-state index contributed by atoms with van der Waals surface area (Å²) in [4.78, 5) is 12.2. The average Bonchev–Trinajstić information content (AvgIpc) is 2.97. The van der Waals surface area contributed by atoms with Crippen molar-refractivity contribution in [1.29, 1.82) is 0 Å². The molecular formula is C20H15BrO. The number of rotatable bonds is 1. The molecular weight excluding hydrogens is 336 g/mol. The maximum absolute atomic E-state index is 12.2. The third-order valence-electron chi connectivity index (χ3n) is 4.72. The summed E-state index contributed by atoms with van der Waals surface area (Å²) >= 11 is 3.50. The first-order valence-corrected chi connectivity index (χ1v) is 8.30. The van der Waals surface area contributed by atoms with E-state index in [1.165, 1.54) is 11.1 Å². The smallest absolute Gasteiger partial charge is 0.185 e. The molecule has 0 radical (unpaired) electrons. The molecule has 2 aromatic rings. The van der Waals surface area contributed by atoms with E-state index >= 15 is 0 Å². The molecule has 0 heterocycles. The largest absolute Gasteiger partial charge is 0.289 e. The molecule has 0 bridgehead atoms. The van der Waals surface area contributed by atoms with Crippen LogP contribution in [0.4, 0.5) is 0 Å². The fourth-order valence-corrected chi connectivity index (χ4v) is 3.97. The second-order valence-corrected chi connectivity index (χ2v) is 6.79. The van der Waals surface area contributed by atoms with Crippen molar-refractivity contribution in [3.63, 3.8) is 0 Å². The number of carbonyl (C=O) groups is 1. The number of allylic oxidation sites excluding steroid dienone is 4. The number of hydrogen-bond donors (Lipinski definition) is 0. The topological polar surface area (TPSA) is 17.1 Å². The third-order valence-corrected chi connectivity index (χ3v) is 5.24. The first-order chi connectivity index (χ1) is 10.7. The molecule has 22 heavy (non-hydrogen) atoms. The average molecular weight is 351 g/mol. The van der Waals surface area contributed by atoms with Crippen LogP contribution in [0, 0.1) is 0 Å². The van der Waals surface area contributed by atoms with E-state index in [1.54, 1.807) is 6.08 Å². The number of halogens is 1. The first-order valence-electron chi connectivity index (χ1n) is 7.50. The number of ketones is 1. The summed E-state index contributed by atoms with van der Waals surface area (Å²) in [5, 5.41) is 0. The van der Waals surface area contributed by atoms with Crippen LogP contribution in [-0.2, 0) is 5.41 Å². The van der Waals surface area contributed by atoms with Crippen LogP contribution in [0.15, 0.2) is 71.2 Å². The summed E-state index contributed by atoms with van der Waals surface area (Å²) in [6.45, 7) is 0. The van der Waals surface area contributed by atoms with Crippen molar-refractivity contribution in [3.8, 4) is 0 Å². The van der Waals surface area contributed by atoms with Crippen molar-refractivity contribution in [2.75, 3.05) is 0 Å². The summed E-state index contributed by atoms with van der Waals surface area (Å²) in [6.07, 6.45) is 8.25. The molecule has 0 aromatic heterocycles. The zero-order valence-corrected chi connectivity index (χ0v) is 13.6. The second-order valence-electron chi connectivity index (χ2n) is 5.88. The maximum Gasteiger partial charge on any atom is 0.185 e. The predicted octanol–water partition coefficient (Wildman–Crippen LogP) is 5.32. The lowest BCUT2D eigenvalue weighted by molar-refractivity contribution is 0.104. The molecule has 108 valence electrons. The van der Waals surface area contributed by atoms with Gasteiger partial charge in [0.25, 0.3) is 0 Å². The summed E-state index contributed by atoms with van der Waals surface area (Å²) in [5.41, 5.74) is 4.38. The van der Waals surface area contributed by atoms with E-state index < -0.39 is 0 Å². The summed E-state index contributed by atoms with van der Waals surface area (Å²) in [6, 6.07) is 16.5. The molecule has 0 saturated carbocycles. The molecule has 2 aliphatic rings. The number of hydrogen-bond acceptors (Lipinski definition) is 1. The van der Waals surface area contributed by atoms with Crippen molar-refractivity contribution >= 4 is 27.3 Å². The monoisotopic (exact) mass is 350 g/mol. The Hall–Kier alpha value is -1.93. The fraction of sp³-hybridized carbons (Fsp3) is 0.150. The van der Waals surface area contributed by atoms with Crippen molar-refractivity contribution in [3.05, 3.63) is 87.9 Å². The molecule has 0 amide bonds. The quantitative estimate of drug-likeness (QED) is 0.680. The highest BCUT2D eigenvalue weighted by Crippen LogP contribution is 2.50. The maximum atomic E-state index is 12.2. The molecule has 1 atom stereocenters. The van der Waals surface area contributed by atoms with Gasteiger partial charge >= 0.3 is 0 Å². The van der Waals surface area contributed by atoms with E-state index in [0.717, 1.165) is 28.4 Å². The molecule has 1 spiro atoms. The van der Waals surface area contributed by atoms with Crippen molar-refractivity contribution < 1.29 is 4.79 Å². The Morgan fingerprint density at radius 3 is 2.59 bits per heavy atom. The SMILES string of the molecule is O=C1C=CC2(CCC=C2c2ccc(Br)cc2)c2ccccc21. The third kappa shape index (κ3) is 1.94. The number of benzene rings is 2. The van der Waals surface area contributed by atoms with Gasteiger partial charge in [-0.25, -0.2) is 0 Å². The van der Waals surface area contributed by atoms with E-state index in [0.29, 0.717) is 0 Å². The van der Waals surface area contributed by atoms with Crippen LogP contribution in [0.3, 0.4) is 0 Å². The Labute approximate surface area is 138 Å². The minimum atomic E-state index is -0.154. The lowest BCUT2D eigenvalue weighted by atomic mass is 9.68. The van der Waals surface area contributed by atoms with Crippen LogP contribution in [0.5, 0.6) is 0 Å². The Bertz CT molecular complexity index is 814. The molecule has 1 unspecified atom stereocenters. The highest BCUT2D eigenvalue weighted by atomic mass is 79.9. The van der Waals surface area contributed by atoms with Gasteiger partial charge in [0.2, 0.25) is 0 Å². The van der Waals surface area contributed by atoms with Gasteiger partial charge in [0.05, 0.1) is 0 Å². The van der Waals surface area contributed by atoms with Gasteiger partial charge in [-0.1, -0.05) is 64.5 Å². The zero-order chi connectivity index (χ0) is 15.2. The van der Waals surface area contributed by atoms with Gasteiger partial charge in [0.1, 0.15) is 0 Å². The lowest BCUT2D eigenvalue weighted by Crippen LogP contribution is -2.28. The Kier molecular flexibility index (Phi) is 3.16. The minimum absolute atomic E-state index is 0.114. The number of fused-ring (bicyclic) bond motifs is 2. The van der Waals surface area contributed by atoms with Gasteiger partial charge in [-0.05, 0) is 47.8 Å². The molecule has 2 aromatic carbocycles. The first kappa shape index (κ1) is 13.7. The van der Waals surface area contributed by atoms with Gasteiger partial charge in [-0.3, -0.25) is 4.79 Å². The highest BCUT2D eigenvalue weighted by Gasteiger charge is 2.41. The van der Waals surface area contributed by atoms with E-state index in [9.17, 15) is 4.79 Å². The minimum Gasteiger partial charge on any atom is -0.289 e. The summed E-state index contributed by atoms with van der Waals surface area (Å²) in [5.74, 6) is 0.114. The van der Waals surface area contributed by atoms with Crippen LogP contribution in [-0.4, -0.2) is 5.78 Å². The van der Waals surface area contributed by atoms with Crippen LogP contribution in [0.2, 0.25) is 0 Å². The lowest BCUT2D eigenvalue weighted by Gasteiger charge is -2.34. The normalized spacial score (nSPS) is 22.8. The molecule has 0 fully saturated rings. The van der Waals surface area contributed by atoms with E-state index in [4.69, 9.17) is 0 Å². The zero-order valence-electron chi connectivity index (χ0n) is 12.1. The van der Waals surface area contributed by atoms with Crippen LogP contribution in [0.1, 0.15) is 34.3 Å². The summed E-state index contributed by atoms with van der Waals surface area (Å²) < 4.78 is 1.08. The van der Waals surface area contributed by atoms with Gasteiger partial charge in [-0.15, -0.1) is 0 Å². The molecule has 0 saturated heterocycles. The predicted molar refractivity (Wildman–Crippen MR) is 92.9 cm³/mol. The molecule has 0 N–H and O–H groups in total. The Balaban J connectivity index is 1.91. The fourth-order valence-electron chi connectivity index (χ4n) is 3.70. The summed E-state index contributed by atoms with van der Waals surface area (Å²) in [7, 11) is 0. The van der Waals surface area contributed by atoms with E-state index in [1.807, 2.05) is 18.2 Å². The van der Waals surface area contributed by atoms with E-state index in [-0.39, 0.29) is 11.2 Å². The molecule has 4 rings (SSSR count). The highest BCUT2D eigenvalue weighted by molar-refractivity contribution is 9.10. The van der Waals surface area contributed by atoms with Crippen molar-refractivity contribution in [2.45, 2.75) is 18.3 Å².